The van der Waals surface area contributed by atoms with Crippen LogP contribution in [-0.2, 0) is 23.9 Å². The first kappa shape index (κ1) is 29.3. The number of ether oxygens (including phenoxy) is 2. The van der Waals surface area contributed by atoms with Crippen LogP contribution in [0.4, 0.5) is 17.6 Å². The molecular formula is C25H31F4N3O6. The fourth-order valence-corrected chi connectivity index (χ4v) is 4.37. The summed E-state index contributed by atoms with van der Waals surface area (Å²) >= 11 is 0. The number of halogens is 4. The molecule has 4 atom stereocenters. The smallest absolute Gasteiger partial charge is 0.249 e. The lowest BCUT2D eigenvalue weighted by Crippen LogP contribution is -2.54. The van der Waals surface area contributed by atoms with Gasteiger partial charge in [0.2, 0.25) is 29.4 Å². The summed E-state index contributed by atoms with van der Waals surface area (Å²) in [7, 11) is 0. The minimum Gasteiger partial charge on any atom is -0.479 e. The third-order valence-corrected chi connectivity index (χ3v) is 6.38. The van der Waals surface area contributed by atoms with Gasteiger partial charge in [-0.2, -0.15) is 8.78 Å². The van der Waals surface area contributed by atoms with Gasteiger partial charge in [-0.25, -0.2) is 8.78 Å². The van der Waals surface area contributed by atoms with Gasteiger partial charge in [0.05, 0.1) is 6.04 Å². The Kier molecular flexibility index (Phi) is 10.1. The maximum atomic E-state index is 14.0. The van der Waals surface area contributed by atoms with Gasteiger partial charge in [0.25, 0.3) is 0 Å². The number of rotatable bonds is 12. The molecule has 2 heterocycles. The Hall–Kier alpha value is -3.22. The normalized spacial score (nSPS) is 20.7. The lowest BCUT2D eigenvalue weighted by molar-refractivity contribution is -0.136. The Labute approximate surface area is 217 Å². The molecule has 2 aliphatic rings. The number of amides is 3. The summed E-state index contributed by atoms with van der Waals surface area (Å²) in [6, 6.07) is -2.39. The van der Waals surface area contributed by atoms with E-state index in [1.807, 2.05) is 13.8 Å². The predicted octanol–water partition coefficient (Wildman–Crippen LogP) is 1.91. The van der Waals surface area contributed by atoms with E-state index in [2.05, 4.69) is 16.0 Å². The quantitative estimate of drug-likeness (QED) is 0.273. The Bertz CT molecular complexity index is 1040. The van der Waals surface area contributed by atoms with Crippen molar-refractivity contribution < 1.29 is 46.2 Å². The molecule has 0 radical (unpaired) electrons. The molecule has 2 fully saturated rings. The maximum absolute atomic E-state index is 14.0. The number of Topliss-reactive ketones (excluding diaryl/α,β-unsaturated/α-hetero) is 1. The summed E-state index contributed by atoms with van der Waals surface area (Å²) in [6.45, 7) is 3.40. The van der Waals surface area contributed by atoms with Crippen LogP contribution in [0.3, 0.4) is 0 Å². The minimum atomic E-state index is -1.82. The molecule has 0 aliphatic carbocycles. The van der Waals surface area contributed by atoms with Gasteiger partial charge in [-0.15, -0.1) is 0 Å². The molecule has 2 aliphatic heterocycles. The van der Waals surface area contributed by atoms with Crippen molar-refractivity contribution in [3.05, 3.63) is 29.3 Å². The van der Waals surface area contributed by atoms with Gasteiger partial charge in [0.15, 0.2) is 23.2 Å². The number of carbonyl (C=O) groups excluding carboxylic acids is 4. The second-order valence-corrected chi connectivity index (χ2v) is 9.82. The third-order valence-electron chi connectivity index (χ3n) is 6.38. The second-order valence-electron chi connectivity index (χ2n) is 9.82. The number of benzene rings is 1. The fourth-order valence-electron chi connectivity index (χ4n) is 4.37. The molecular weight excluding hydrogens is 514 g/mol. The second kappa shape index (κ2) is 13.0. The highest BCUT2D eigenvalue weighted by atomic mass is 19.2. The molecule has 1 aromatic rings. The van der Waals surface area contributed by atoms with E-state index in [9.17, 15) is 36.7 Å². The van der Waals surface area contributed by atoms with E-state index in [4.69, 9.17) is 9.47 Å². The van der Waals surface area contributed by atoms with E-state index in [1.165, 1.54) is 0 Å². The van der Waals surface area contributed by atoms with Crippen molar-refractivity contribution in [1.29, 1.82) is 0 Å². The molecule has 0 spiro atoms. The van der Waals surface area contributed by atoms with Crippen LogP contribution in [0, 0.1) is 35.1 Å². The summed E-state index contributed by atoms with van der Waals surface area (Å²) in [5, 5.41) is 7.77. The Balaban J connectivity index is 1.75. The van der Waals surface area contributed by atoms with Crippen LogP contribution in [0.25, 0.3) is 0 Å². The average Bonchev–Trinajstić information content (AvgIpc) is 3.54. The Morgan fingerprint density at radius 1 is 1.08 bits per heavy atom. The van der Waals surface area contributed by atoms with Crippen molar-refractivity contribution in [3.63, 3.8) is 0 Å². The first-order valence-electron chi connectivity index (χ1n) is 12.5. The molecule has 0 aromatic heterocycles. The Morgan fingerprint density at radius 3 is 2.32 bits per heavy atom. The van der Waals surface area contributed by atoms with Crippen LogP contribution < -0.4 is 20.7 Å². The van der Waals surface area contributed by atoms with Crippen LogP contribution in [0.15, 0.2) is 6.07 Å². The van der Waals surface area contributed by atoms with Crippen molar-refractivity contribution in [2.45, 2.75) is 64.1 Å². The van der Waals surface area contributed by atoms with Crippen molar-refractivity contribution >= 4 is 23.5 Å². The van der Waals surface area contributed by atoms with Gasteiger partial charge >= 0.3 is 0 Å². The molecule has 0 bridgehead atoms. The lowest BCUT2D eigenvalue weighted by atomic mass is 9.95. The van der Waals surface area contributed by atoms with Crippen molar-refractivity contribution in [2.24, 2.45) is 11.8 Å². The zero-order valence-electron chi connectivity index (χ0n) is 21.1. The summed E-state index contributed by atoms with van der Waals surface area (Å²) in [5.74, 6) is -11.6. The van der Waals surface area contributed by atoms with Gasteiger partial charge in [0, 0.05) is 25.1 Å². The van der Waals surface area contributed by atoms with Crippen LogP contribution in [-0.4, -0.2) is 61.5 Å². The zero-order chi connectivity index (χ0) is 28.0. The zero-order valence-corrected chi connectivity index (χ0v) is 21.1. The topological polar surface area (TPSA) is 123 Å². The molecule has 210 valence electrons. The molecule has 2 saturated heterocycles. The highest BCUT2D eigenvalue weighted by Gasteiger charge is 2.35. The van der Waals surface area contributed by atoms with Gasteiger partial charge in [-0.1, -0.05) is 13.8 Å². The van der Waals surface area contributed by atoms with E-state index in [0.29, 0.717) is 32.4 Å². The van der Waals surface area contributed by atoms with Gasteiger partial charge in [-0.3, -0.25) is 19.2 Å². The summed E-state index contributed by atoms with van der Waals surface area (Å²) in [5.41, 5.74) is 0. The standard InChI is InChI=1S/C25H31F4N3O6/c1-12(2)8-17(32-25(36)19-4-3-7-37-19)24(35)31-16(9-13-5-6-30-23(13)34)18(33)11-38-22-20(28)14(26)10-15(27)21(22)29/h10,12-13,16-17,19H,3-9,11H2,1-2H3,(H,30,34)(H,31,35)(H,32,36)/t13-,16-,17-,19+/m0/s1. The number of hydrogen-bond donors (Lipinski definition) is 3. The van der Waals surface area contributed by atoms with Crippen molar-refractivity contribution in [3.8, 4) is 5.75 Å². The Morgan fingerprint density at radius 2 is 1.76 bits per heavy atom. The molecule has 3 amide bonds. The van der Waals surface area contributed by atoms with Gasteiger partial charge < -0.3 is 25.4 Å². The van der Waals surface area contributed by atoms with Crippen molar-refractivity contribution in [1.82, 2.24) is 16.0 Å². The summed E-state index contributed by atoms with van der Waals surface area (Å²) in [6.07, 6.45) is 0.964. The largest absolute Gasteiger partial charge is 0.479 e. The maximum Gasteiger partial charge on any atom is 0.249 e. The van der Waals surface area contributed by atoms with Crippen molar-refractivity contribution in [2.75, 3.05) is 19.8 Å². The molecule has 3 rings (SSSR count). The monoisotopic (exact) mass is 545 g/mol. The highest BCUT2D eigenvalue weighted by molar-refractivity contribution is 5.94. The fraction of sp³-hybridized carbons (Fsp3) is 0.600. The van der Waals surface area contributed by atoms with Gasteiger partial charge in [-0.05, 0) is 38.0 Å². The van der Waals surface area contributed by atoms with Crippen LogP contribution >= 0.6 is 0 Å². The third kappa shape index (κ3) is 7.42. The predicted molar refractivity (Wildman–Crippen MR) is 125 cm³/mol. The van der Waals surface area contributed by atoms with Crippen LogP contribution in [0.5, 0.6) is 5.75 Å². The number of hydrogen-bond acceptors (Lipinski definition) is 6. The molecule has 13 heteroatoms. The first-order valence-corrected chi connectivity index (χ1v) is 12.5. The average molecular weight is 546 g/mol. The minimum absolute atomic E-state index is 0.000846. The molecule has 3 N–H and O–H groups in total. The summed E-state index contributed by atoms with van der Waals surface area (Å²) in [4.78, 5) is 50.9. The number of nitrogens with one attached hydrogen (secondary N) is 3. The first-order chi connectivity index (χ1) is 18.0. The van der Waals surface area contributed by atoms with Crippen LogP contribution in [0.2, 0.25) is 0 Å². The van der Waals surface area contributed by atoms with E-state index >= 15 is 0 Å². The van der Waals surface area contributed by atoms with E-state index < -0.39 is 77.3 Å². The van der Waals surface area contributed by atoms with Gasteiger partial charge in [0.1, 0.15) is 18.8 Å². The summed E-state index contributed by atoms with van der Waals surface area (Å²) < 4.78 is 65.1. The molecule has 0 unspecified atom stereocenters. The van der Waals surface area contributed by atoms with E-state index in [0.717, 1.165) is 0 Å². The SMILES string of the molecule is CC(C)C[C@H](NC(=O)[C@H]1CCCO1)C(=O)N[C@@H](C[C@@H]1CCNC1=O)C(=O)COc1c(F)c(F)cc(F)c1F. The molecule has 1 aromatic carbocycles. The highest BCUT2D eigenvalue weighted by Crippen LogP contribution is 2.27. The molecule has 9 nitrogen and oxygen atoms in total. The number of carbonyl (C=O) groups is 4. The molecule has 0 saturated carbocycles. The van der Waals surface area contributed by atoms with E-state index in [1.54, 1.807) is 0 Å². The van der Waals surface area contributed by atoms with E-state index in [-0.39, 0.29) is 30.7 Å². The number of ketones is 1. The van der Waals surface area contributed by atoms with Crippen LogP contribution in [0.1, 0.15) is 46.0 Å². The molecule has 38 heavy (non-hydrogen) atoms. The lowest BCUT2D eigenvalue weighted by Gasteiger charge is -2.26.